The highest BCUT2D eigenvalue weighted by Crippen LogP contribution is 2.24. The third-order valence-electron chi connectivity index (χ3n) is 3.15. The van der Waals surface area contributed by atoms with Crippen molar-refractivity contribution in [2.24, 2.45) is 0 Å². The van der Waals surface area contributed by atoms with Crippen molar-refractivity contribution < 1.29 is 55.3 Å². The molecular weight excluding hydrogens is 382 g/mol. The molecular formula is C12H14F6N2O6. The van der Waals surface area contributed by atoms with Gasteiger partial charge in [-0.25, -0.2) is 0 Å². The van der Waals surface area contributed by atoms with Crippen LogP contribution in [0.2, 0.25) is 0 Å². The molecule has 3 N–H and O–H groups in total. The van der Waals surface area contributed by atoms with Crippen LogP contribution in [0.1, 0.15) is 13.3 Å². The Labute approximate surface area is 141 Å². The first kappa shape index (κ1) is 22.0. The van der Waals surface area contributed by atoms with Crippen molar-refractivity contribution in [3.8, 4) is 0 Å². The van der Waals surface area contributed by atoms with Crippen molar-refractivity contribution in [2.45, 2.75) is 50.2 Å². The van der Waals surface area contributed by atoms with E-state index in [4.69, 9.17) is 9.47 Å². The Kier molecular flexibility index (Phi) is 6.82. The number of carbonyl (C=O) groups excluding carboxylic acids is 3. The predicted molar refractivity (Wildman–Crippen MR) is 68.1 cm³/mol. The lowest BCUT2D eigenvalue weighted by Crippen LogP contribution is -2.61. The fourth-order valence-electron chi connectivity index (χ4n) is 2.14. The Morgan fingerprint density at radius 3 is 2.12 bits per heavy atom. The molecule has 0 aromatic heterocycles. The molecule has 1 rings (SSSR count). The van der Waals surface area contributed by atoms with Gasteiger partial charge in [-0.05, 0) is 0 Å². The SMILES string of the molecule is CC(=O)O[C@H]1[C@@H](NC(=O)C(F)(F)F)C[C@@H](O)O[C@@H]1CNC(=O)C(F)(F)F. The summed E-state index contributed by atoms with van der Waals surface area (Å²) in [5.74, 6) is -5.82. The average molecular weight is 396 g/mol. The summed E-state index contributed by atoms with van der Waals surface area (Å²) in [6.07, 6.45) is -16.3. The largest absolute Gasteiger partial charge is 0.471 e. The first-order chi connectivity index (χ1) is 11.7. The zero-order valence-electron chi connectivity index (χ0n) is 13.0. The molecule has 0 aromatic carbocycles. The molecule has 1 fully saturated rings. The maximum absolute atomic E-state index is 12.4. The Bertz CT molecular complexity index is 551. The van der Waals surface area contributed by atoms with Crippen LogP contribution in [0.4, 0.5) is 26.3 Å². The second kappa shape index (κ2) is 8.07. The number of alkyl halides is 6. The van der Waals surface area contributed by atoms with E-state index >= 15 is 0 Å². The quantitative estimate of drug-likeness (QED) is 0.446. The van der Waals surface area contributed by atoms with Crippen molar-refractivity contribution in [2.75, 3.05) is 6.54 Å². The van der Waals surface area contributed by atoms with Gasteiger partial charge in [0.25, 0.3) is 0 Å². The van der Waals surface area contributed by atoms with Gasteiger partial charge in [-0.1, -0.05) is 0 Å². The van der Waals surface area contributed by atoms with Gasteiger partial charge in [0, 0.05) is 19.9 Å². The van der Waals surface area contributed by atoms with Gasteiger partial charge in [0.2, 0.25) is 0 Å². The van der Waals surface area contributed by atoms with Gasteiger partial charge in [0.15, 0.2) is 6.29 Å². The Balaban J connectivity index is 2.93. The zero-order valence-corrected chi connectivity index (χ0v) is 13.0. The third-order valence-corrected chi connectivity index (χ3v) is 3.15. The van der Waals surface area contributed by atoms with Gasteiger partial charge in [-0.2, -0.15) is 26.3 Å². The smallest absolute Gasteiger partial charge is 0.458 e. The molecule has 1 saturated heterocycles. The van der Waals surface area contributed by atoms with Crippen molar-refractivity contribution in [1.82, 2.24) is 10.6 Å². The minimum atomic E-state index is -5.29. The van der Waals surface area contributed by atoms with Gasteiger partial charge in [-0.15, -0.1) is 0 Å². The molecule has 0 spiro atoms. The highest BCUT2D eigenvalue weighted by molar-refractivity contribution is 5.82. The Hall–Kier alpha value is -2.09. The van der Waals surface area contributed by atoms with E-state index in [2.05, 4.69) is 0 Å². The van der Waals surface area contributed by atoms with E-state index in [0.717, 1.165) is 6.92 Å². The molecule has 1 aliphatic heterocycles. The monoisotopic (exact) mass is 396 g/mol. The van der Waals surface area contributed by atoms with E-state index in [1.54, 1.807) is 0 Å². The van der Waals surface area contributed by atoms with Crippen LogP contribution in [0.5, 0.6) is 0 Å². The van der Waals surface area contributed by atoms with E-state index in [1.807, 2.05) is 0 Å². The molecule has 0 saturated carbocycles. The van der Waals surface area contributed by atoms with E-state index in [1.165, 1.54) is 10.6 Å². The standard InChI is InChI=1S/C12H14F6N2O6/c1-4(21)25-8-5(20-10(24)12(16,17)18)2-7(22)26-6(8)3-19-9(23)11(13,14)15/h5-8,22H,2-3H2,1H3,(H,19,23)(H,20,24)/t5-,6+,7-,8-/m0/s1. The van der Waals surface area contributed by atoms with Gasteiger partial charge >= 0.3 is 30.1 Å². The highest BCUT2D eigenvalue weighted by atomic mass is 19.4. The Morgan fingerprint density at radius 2 is 1.65 bits per heavy atom. The van der Waals surface area contributed by atoms with Gasteiger partial charge in [0.05, 0.1) is 6.04 Å². The number of amides is 2. The maximum Gasteiger partial charge on any atom is 0.471 e. The summed E-state index contributed by atoms with van der Waals surface area (Å²) >= 11 is 0. The summed E-state index contributed by atoms with van der Waals surface area (Å²) in [4.78, 5) is 33.0. The topological polar surface area (TPSA) is 114 Å². The molecule has 0 aliphatic carbocycles. The van der Waals surface area contributed by atoms with Crippen LogP contribution in [-0.2, 0) is 23.9 Å². The molecule has 4 atom stereocenters. The minimum absolute atomic E-state index is 0.635. The lowest BCUT2D eigenvalue weighted by Gasteiger charge is -2.39. The number of nitrogens with one attached hydrogen (secondary N) is 2. The number of aliphatic hydroxyl groups excluding tert-OH is 1. The van der Waals surface area contributed by atoms with Crippen LogP contribution in [0.15, 0.2) is 0 Å². The maximum atomic E-state index is 12.4. The van der Waals surface area contributed by atoms with Crippen molar-refractivity contribution in [1.29, 1.82) is 0 Å². The number of aliphatic hydroxyl groups is 1. The van der Waals surface area contributed by atoms with Crippen LogP contribution < -0.4 is 10.6 Å². The van der Waals surface area contributed by atoms with Crippen LogP contribution >= 0.6 is 0 Å². The molecule has 26 heavy (non-hydrogen) atoms. The predicted octanol–water partition coefficient (Wildman–Crippen LogP) is -0.249. The second-order valence-corrected chi connectivity index (χ2v) is 5.22. The second-order valence-electron chi connectivity index (χ2n) is 5.22. The van der Waals surface area contributed by atoms with E-state index < -0.39 is 67.6 Å². The number of hydrogen-bond donors (Lipinski definition) is 3. The molecule has 1 aliphatic rings. The molecule has 1 heterocycles. The van der Waals surface area contributed by atoms with Crippen LogP contribution in [0.25, 0.3) is 0 Å². The molecule has 0 unspecified atom stereocenters. The summed E-state index contributed by atoms with van der Waals surface area (Å²) in [7, 11) is 0. The molecule has 0 aromatic rings. The lowest BCUT2D eigenvalue weighted by atomic mass is 9.97. The van der Waals surface area contributed by atoms with E-state index in [-0.39, 0.29) is 0 Å². The summed E-state index contributed by atoms with van der Waals surface area (Å²) < 4.78 is 83.3. The molecule has 0 radical (unpaired) electrons. The zero-order chi connectivity index (χ0) is 20.3. The number of rotatable bonds is 4. The van der Waals surface area contributed by atoms with Crippen LogP contribution in [0.3, 0.4) is 0 Å². The highest BCUT2D eigenvalue weighted by Gasteiger charge is 2.47. The van der Waals surface area contributed by atoms with Crippen molar-refractivity contribution in [3.63, 3.8) is 0 Å². The summed E-state index contributed by atoms with van der Waals surface area (Å²) in [6, 6.07) is -1.62. The number of halogens is 6. The number of carbonyl (C=O) groups is 3. The molecule has 8 nitrogen and oxygen atoms in total. The third kappa shape index (κ3) is 6.33. The normalized spacial score (nSPS) is 26.8. The summed E-state index contributed by atoms with van der Waals surface area (Å²) in [6.45, 7) is -0.0925. The van der Waals surface area contributed by atoms with Gasteiger partial charge in [0.1, 0.15) is 12.2 Å². The fraction of sp³-hybridized carbons (Fsp3) is 0.750. The van der Waals surface area contributed by atoms with Gasteiger partial charge in [-0.3, -0.25) is 14.4 Å². The molecule has 150 valence electrons. The van der Waals surface area contributed by atoms with Crippen LogP contribution in [-0.4, -0.2) is 66.3 Å². The van der Waals surface area contributed by atoms with Crippen LogP contribution in [0, 0.1) is 0 Å². The fourth-order valence-corrected chi connectivity index (χ4v) is 2.14. The molecule has 2 amide bonds. The average Bonchev–Trinajstić information content (AvgIpc) is 2.45. The van der Waals surface area contributed by atoms with E-state index in [0.29, 0.717) is 0 Å². The molecule has 0 bridgehead atoms. The number of esters is 1. The first-order valence-electron chi connectivity index (χ1n) is 6.95. The Morgan fingerprint density at radius 1 is 1.12 bits per heavy atom. The first-order valence-corrected chi connectivity index (χ1v) is 6.95. The van der Waals surface area contributed by atoms with Crippen molar-refractivity contribution >= 4 is 17.8 Å². The summed E-state index contributed by atoms with van der Waals surface area (Å²) in [5, 5.41) is 12.4. The van der Waals surface area contributed by atoms with E-state index in [9.17, 15) is 45.8 Å². The van der Waals surface area contributed by atoms with Crippen molar-refractivity contribution in [3.05, 3.63) is 0 Å². The summed E-state index contributed by atoms with van der Waals surface area (Å²) in [5.41, 5.74) is 0. The number of hydrogen-bond acceptors (Lipinski definition) is 6. The number of ether oxygens (including phenoxy) is 2. The minimum Gasteiger partial charge on any atom is -0.458 e. The lowest BCUT2D eigenvalue weighted by molar-refractivity contribution is -0.221. The van der Waals surface area contributed by atoms with Gasteiger partial charge < -0.3 is 25.2 Å². The molecule has 14 heteroatoms.